The largest absolute Gasteiger partial charge is 0.376 e. The second-order valence-electron chi connectivity index (χ2n) is 7.56. The number of hydrogen-bond donors (Lipinski definition) is 0. The number of benzene rings is 2. The van der Waals surface area contributed by atoms with Crippen molar-refractivity contribution in [3.63, 3.8) is 0 Å². The van der Waals surface area contributed by atoms with Crippen molar-refractivity contribution in [2.75, 3.05) is 21.3 Å². The van der Waals surface area contributed by atoms with Crippen molar-refractivity contribution >= 4 is 18.4 Å². The number of hydrogen-bond acceptors (Lipinski definition) is 6. The van der Waals surface area contributed by atoms with Gasteiger partial charge >= 0.3 is 0 Å². The van der Waals surface area contributed by atoms with E-state index in [1.54, 1.807) is 27.5 Å². The summed E-state index contributed by atoms with van der Waals surface area (Å²) >= 11 is 0. The number of rotatable bonds is 8. The molecule has 31 heavy (non-hydrogen) atoms. The predicted molar refractivity (Wildman–Crippen MR) is 122 cm³/mol. The molecular formula is C25H31NO5. The highest BCUT2D eigenvalue weighted by atomic mass is 16.8. The molecule has 5 unspecified atom stereocenters. The molecule has 0 aliphatic carbocycles. The van der Waals surface area contributed by atoms with E-state index in [0.29, 0.717) is 0 Å². The molecule has 0 saturated carbocycles. The highest BCUT2D eigenvalue weighted by Crippen LogP contribution is 2.27. The number of aryl methyl sites for hydroxylation is 1. The summed E-state index contributed by atoms with van der Waals surface area (Å²) in [5, 5.41) is 4.10. The minimum Gasteiger partial charge on any atom is -0.376 e. The topological polar surface area (TPSA) is 58.5 Å². The number of oxime groups is 1. The Morgan fingerprint density at radius 2 is 1.26 bits per heavy atom. The zero-order valence-electron chi connectivity index (χ0n) is 18.7. The van der Waals surface area contributed by atoms with Crippen LogP contribution in [0.2, 0.25) is 0 Å². The van der Waals surface area contributed by atoms with Gasteiger partial charge in [0.25, 0.3) is 6.29 Å². The first-order valence-corrected chi connectivity index (χ1v) is 10.3. The molecule has 0 radical (unpaired) electrons. The van der Waals surface area contributed by atoms with Gasteiger partial charge in [-0.1, -0.05) is 71.4 Å². The molecular weight excluding hydrogens is 394 g/mol. The molecule has 1 saturated heterocycles. The molecule has 1 aliphatic rings. The van der Waals surface area contributed by atoms with E-state index < -0.39 is 12.4 Å². The van der Waals surface area contributed by atoms with Crippen LogP contribution < -0.4 is 0 Å². The van der Waals surface area contributed by atoms with Crippen LogP contribution in [0.5, 0.6) is 0 Å². The molecule has 0 bridgehead atoms. The number of ether oxygens (including phenoxy) is 4. The van der Waals surface area contributed by atoms with Gasteiger partial charge in [-0.3, -0.25) is 0 Å². The number of nitrogens with zero attached hydrogens (tertiary/aromatic N) is 1. The maximum absolute atomic E-state index is 5.89. The summed E-state index contributed by atoms with van der Waals surface area (Å²) in [5.41, 5.74) is 4.45. The highest BCUT2D eigenvalue weighted by Gasteiger charge is 2.46. The molecule has 166 valence electrons. The maximum Gasteiger partial charge on any atom is 0.256 e. The second-order valence-corrected chi connectivity index (χ2v) is 7.56. The first-order valence-electron chi connectivity index (χ1n) is 10.3. The normalized spacial score (nSPS) is 26.5. The van der Waals surface area contributed by atoms with Crippen LogP contribution in [0.25, 0.3) is 12.2 Å². The Bertz CT molecular complexity index is 862. The third kappa shape index (κ3) is 6.02. The van der Waals surface area contributed by atoms with E-state index in [0.717, 1.165) is 11.1 Å². The van der Waals surface area contributed by atoms with Gasteiger partial charge in [-0.05, 0) is 30.5 Å². The molecule has 5 atom stereocenters. The van der Waals surface area contributed by atoms with E-state index in [1.807, 2.05) is 31.2 Å². The zero-order valence-corrected chi connectivity index (χ0v) is 18.7. The molecule has 3 rings (SSSR count). The number of methoxy groups -OCH3 is 3. The van der Waals surface area contributed by atoms with Crippen LogP contribution in [0.4, 0.5) is 0 Å². The van der Waals surface area contributed by atoms with Crippen molar-refractivity contribution in [3.05, 3.63) is 70.8 Å². The third-order valence-corrected chi connectivity index (χ3v) is 5.39. The Morgan fingerprint density at radius 3 is 1.81 bits per heavy atom. The Kier molecular flexibility index (Phi) is 8.37. The maximum atomic E-state index is 5.89. The fraction of sp³-hybridized carbons (Fsp3) is 0.400. The molecule has 2 aromatic carbocycles. The van der Waals surface area contributed by atoms with E-state index in [9.17, 15) is 0 Å². The van der Waals surface area contributed by atoms with Gasteiger partial charge in [0.05, 0.1) is 12.3 Å². The summed E-state index contributed by atoms with van der Waals surface area (Å²) in [4.78, 5) is 5.60. The summed E-state index contributed by atoms with van der Waals surface area (Å²) in [6.07, 6.45) is 3.89. The van der Waals surface area contributed by atoms with E-state index >= 15 is 0 Å². The van der Waals surface area contributed by atoms with Gasteiger partial charge in [-0.2, -0.15) is 0 Å². The summed E-state index contributed by atoms with van der Waals surface area (Å²) in [6.45, 7) is 4.00. The van der Waals surface area contributed by atoms with Crippen LogP contribution in [0, 0.1) is 6.92 Å². The van der Waals surface area contributed by atoms with Crippen LogP contribution in [-0.2, 0) is 23.8 Å². The highest BCUT2D eigenvalue weighted by molar-refractivity contribution is 5.80. The minimum absolute atomic E-state index is 0.221. The summed E-state index contributed by atoms with van der Waals surface area (Å²) < 4.78 is 22.5. The first-order chi connectivity index (χ1) is 15.0. The van der Waals surface area contributed by atoms with E-state index in [4.69, 9.17) is 23.8 Å². The fourth-order valence-corrected chi connectivity index (χ4v) is 3.61. The fourth-order valence-electron chi connectivity index (χ4n) is 3.61. The average Bonchev–Trinajstić information content (AvgIpc) is 2.79. The summed E-state index contributed by atoms with van der Waals surface area (Å²) in [5.74, 6) is 0. The van der Waals surface area contributed by atoms with Gasteiger partial charge in [0.2, 0.25) is 0 Å². The van der Waals surface area contributed by atoms with Crippen molar-refractivity contribution < 1.29 is 23.8 Å². The van der Waals surface area contributed by atoms with Crippen molar-refractivity contribution in [3.8, 4) is 0 Å². The van der Waals surface area contributed by atoms with E-state index in [2.05, 4.69) is 48.5 Å². The molecule has 0 spiro atoms. The Hall–Kier alpha value is -2.51. The van der Waals surface area contributed by atoms with Gasteiger partial charge in [0.15, 0.2) is 6.10 Å². The van der Waals surface area contributed by atoms with Gasteiger partial charge in [-0.15, -0.1) is 0 Å². The lowest BCUT2D eigenvalue weighted by molar-refractivity contribution is -0.305. The lowest BCUT2D eigenvalue weighted by Gasteiger charge is -2.42. The van der Waals surface area contributed by atoms with Crippen molar-refractivity contribution in [2.45, 2.75) is 44.6 Å². The molecule has 6 nitrogen and oxygen atoms in total. The van der Waals surface area contributed by atoms with Crippen molar-refractivity contribution in [1.29, 1.82) is 0 Å². The second kappa shape index (κ2) is 11.2. The van der Waals surface area contributed by atoms with E-state index in [1.165, 1.54) is 11.1 Å². The molecule has 1 heterocycles. The quantitative estimate of drug-likeness (QED) is 0.358. The van der Waals surface area contributed by atoms with Gasteiger partial charge in [0.1, 0.15) is 12.2 Å². The standard InChI is InChI=1S/C25H31NO5/c1-17-6-8-19(9-7-17)10-11-20-12-14-21(15-13-20)16-26-31-25-24(29-5)23(28-4)22(27-3)18(2)30-25/h6-16,18,22-25H,1-5H3. The minimum atomic E-state index is -0.690. The molecule has 0 aromatic heterocycles. The Morgan fingerprint density at radius 1 is 0.742 bits per heavy atom. The predicted octanol–water partition coefficient (Wildman–Crippen LogP) is 4.31. The third-order valence-electron chi connectivity index (χ3n) is 5.39. The molecule has 6 heteroatoms. The summed E-state index contributed by atoms with van der Waals surface area (Å²) in [6, 6.07) is 16.5. The van der Waals surface area contributed by atoms with Gasteiger partial charge < -0.3 is 23.8 Å². The molecule has 2 aromatic rings. The average molecular weight is 426 g/mol. The van der Waals surface area contributed by atoms with Crippen molar-refractivity contribution in [1.82, 2.24) is 0 Å². The van der Waals surface area contributed by atoms with Crippen LogP contribution in [-0.4, -0.2) is 58.2 Å². The van der Waals surface area contributed by atoms with Gasteiger partial charge in [0, 0.05) is 21.3 Å². The molecule has 1 fully saturated rings. The molecule has 0 amide bonds. The van der Waals surface area contributed by atoms with Gasteiger partial charge in [-0.25, -0.2) is 0 Å². The van der Waals surface area contributed by atoms with E-state index in [-0.39, 0.29) is 18.3 Å². The monoisotopic (exact) mass is 425 g/mol. The summed E-state index contributed by atoms with van der Waals surface area (Å²) in [7, 11) is 4.84. The Labute approximate surface area is 184 Å². The van der Waals surface area contributed by atoms with Crippen LogP contribution in [0.15, 0.2) is 53.7 Å². The lowest BCUT2D eigenvalue weighted by Crippen LogP contribution is -2.59. The smallest absolute Gasteiger partial charge is 0.256 e. The Balaban J connectivity index is 1.59. The van der Waals surface area contributed by atoms with Crippen LogP contribution >= 0.6 is 0 Å². The first kappa shape index (κ1) is 23.2. The molecule has 0 N–H and O–H groups in total. The van der Waals surface area contributed by atoms with Crippen LogP contribution in [0.1, 0.15) is 29.2 Å². The lowest BCUT2D eigenvalue weighted by atomic mass is 9.99. The van der Waals surface area contributed by atoms with Crippen LogP contribution in [0.3, 0.4) is 0 Å². The zero-order chi connectivity index (χ0) is 22.2. The molecule has 1 aliphatic heterocycles. The SMILES string of the molecule is COC1C(C)OC(ON=Cc2ccc(C=Cc3ccc(C)cc3)cc2)C(OC)C1OC. The van der Waals surface area contributed by atoms with Crippen molar-refractivity contribution in [2.24, 2.45) is 5.16 Å².